The van der Waals surface area contributed by atoms with Crippen LogP contribution in [0.25, 0.3) is 0 Å². The number of aromatic carboxylic acids is 1. The first-order valence-electron chi connectivity index (χ1n) is 5.86. The van der Waals surface area contributed by atoms with Crippen LogP contribution in [0, 0.1) is 6.92 Å². The number of benzene rings is 1. The number of hydrogen-bond acceptors (Lipinski definition) is 3. The van der Waals surface area contributed by atoms with Gasteiger partial charge in [0.2, 0.25) is 0 Å². The summed E-state index contributed by atoms with van der Waals surface area (Å²) in [6.07, 6.45) is 0. The first-order valence-corrected chi connectivity index (χ1v) is 7.03. The minimum Gasteiger partial charge on any atom is -0.478 e. The zero-order chi connectivity index (χ0) is 15.6. The summed E-state index contributed by atoms with van der Waals surface area (Å²) >= 11 is 9.28. The van der Waals surface area contributed by atoms with E-state index in [1.165, 1.54) is 19.1 Å². The number of nitrogens with one attached hydrogen (secondary N) is 1. The molecule has 1 amide bonds. The maximum absolute atomic E-state index is 12.1. The van der Waals surface area contributed by atoms with Gasteiger partial charge >= 0.3 is 5.97 Å². The number of carboxylic acid groups (broad SMARTS) is 1. The van der Waals surface area contributed by atoms with Crippen LogP contribution in [0.5, 0.6) is 0 Å². The molecule has 0 bridgehead atoms. The molecule has 0 aliphatic carbocycles. The van der Waals surface area contributed by atoms with Gasteiger partial charge in [0, 0.05) is 4.47 Å². The van der Waals surface area contributed by atoms with E-state index in [4.69, 9.17) is 16.7 Å². The second-order valence-corrected chi connectivity index (χ2v) is 5.54. The third-order valence-electron chi connectivity index (χ3n) is 2.73. The first kappa shape index (κ1) is 15.5. The minimum absolute atomic E-state index is 0.0621. The summed E-state index contributed by atoms with van der Waals surface area (Å²) in [5, 5.41) is 12.0. The number of nitrogens with zero attached hydrogens (tertiary/aromatic N) is 1. The second-order valence-electron chi connectivity index (χ2n) is 4.21. The fourth-order valence-electron chi connectivity index (χ4n) is 1.69. The number of rotatable bonds is 3. The number of aromatic nitrogens is 1. The molecule has 1 heterocycles. The Kier molecular flexibility index (Phi) is 4.59. The first-order chi connectivity index (χ1) is 9.88. The molecular formula is C14H10BrClN2O3. The van der Waals surface area contributed by atoms with E-state index in [1.807, 2.05) is 0 Å². The predicted octanol–water partition coefficient (Wildman–Crippen LogP) is 3.76. The quantitative estimate of drug-likeness (QED) is 0.863. The van der Waals surface area contributed by atoms with Gasteiger partial charge in [-0.15, -0.1) is 0 Å². The van der Waals surface area contributed by atoms with Crippen molar-refractivity contribution >= 4 is 45.1 Å². The van der Waals surface area contributed by atoms with Crippen LogP contribution in [0.2, 0.25) is 5.02 Å². The molecule has 2 aromatic rings. The van der Waals surface area contributed by atoms with Gasteiger partial charge in [0.1, 0.15) is 5.69 Å². The predicted molar refractivity (Wildman–Crippen MR) is 83.0 cm³/mol. The van der Waals surface area contributed by atoms with Crippen molar-refractivity contribution in [2.75, 3.05) is 5.32 Å². The van der Waals surface area contributed by atoms with Crippen molar-refractivity contribution in [1.29, 1.82) is 0 Å². The number of anilines is 1. The lowest BCUT2D eigenvalue weighted by Crippen LogP contribution is -2.15. The maximum atomic E-state index is 12.1. The van der Waals surface area contributed by atoms with Crippen molar-refractivity contribution in [3.8, 4) is 0 Å². The van der Waals surface area contributed by atoms with Crippen molar-refractivity contribution in [2.45, 2.75) is 6.92 Å². The third-order valence-corrected chi connectivity index (χ3v) is 3.55. The fourth-order valence-corrected chi connectivity index (χ4v) is 2.22. The highest BCUT2D eigenvalue weighted by Gasteiger charge is 2.14. The highest BCUT2D eigenvalue weighted by atomic mass is 79.9. The maximum Gasteiger partial charge on any atom is 0.337 e. The van der Waals surface area contributed by atoms with Gasteiger partial charge in [-0.1, -0.05) is 27.5 Å². The highest BCUT2D eigenvalue weighted by molar-refractivity contribution is 9.10. The van der Waals surface area contributed by atoms with Crippen molar-refractivity contribution in [2.24, 2.45) is 0 Å². The van der Waals surface area contributed by atoms with Crippen LogP contribution in [0.1, 0.15) is 26.5 Å². The van der Waals surface area contributed by atoms with E-state index < -0.39 is 11.9 Å². The molecular weight excluding hydrogens is 360 g/mol. The summed E-state index contributed by atoms with van der Waals surface area (Å²) in [6, 6.07) is 7.77. The van der Waals surface area contributed by atoms with Crippen LogP contribution in [-0.4, -0.2) is 22.0 Å². The molecule has 0 unspecified atom stereocenters. The van der Waals surface area contributed by atoms with Crippen molar-refractivity contribution in [3.05, 3.63) is 56.8 Å². The van der Waals surface area contributed by atoms with E-state index in [9.17, 15) is 9.59 Å². The third kappa shape index (κ3) is 3.59. The zero-order valence-corrected chi connectivity index (χ0v) is 13.2. The Bertz CT molecular complexity index is 734. The van der Waals surface area contributed by atoms with Crippen LogP contribution in [0.15, 0.2) is 34.8 Å². The van der Waals surface area contributed by atoms with E-state index in [2.05, 4.69) is 26.2 Å². The van der Waals surface area contributed by atoms with E-state index in [-0.39, 0.29) is 17.0 Å². The summed E-state index contributed by atoms with van der Waals surface area (Å²) in [7, 11) is 0. The monoisotopic (exact) mass is 368 g/mol. The fraction of sp³-hybridized carbons (Fsp3) is 0.0714. The molecule has 108 valence electrons. The van der Waals surface area contributed by atoms with Gasteiger partial charge in [0.15, 0.2) is 0 Å². The number of carbonyl (C=O) groups is 2. The molecule has 2 rings (SSSR count). The molecule has 0 radical (unpaired) electrons. The van der Waals surface area contributed by atoms with Gasteiger partial charge in [-0.3, -0.25) is 4.79 Å². The van der Waals surface area contributed by atoms with Gasteiger partial charge in [0.25, 0.3) is 5.91 Å². The summed E-state index contributed by atoms with van der Waals surface area (Å²) in [6.45, 7) is 1.53. The Morgan fingerprint density at radius 1 is 1.29 bits per heavy atom. The minimum atomic E-state index is -1.08. The molecule has 0 fully saturated rings. The number of carbonyl (C=O) groups excluding carboxylic acids is 1. The largest absolute Gasteiger partial charge is 0.478 e. The molecule has 1 aromatic heterocycles. The lowest BCUT2D eigenvalue weighted by Gasteiger charge is -2.08. The van der Waals surface area contributed by atoms with Crippen LogP contribution >= 0.6 is 27.5 Å². The Morgan fingerprint density at radius 2 is 2.00 bits per heavy atom. The van der Waals surface area contributed by atoms with Gasteiger partial charge < -0.3 is 10.4 Å². The molecule has 0 spiro atoms. The normalized spacial score (nSPS) is 10.2. The Morgan fingerprint density at radius 3 is 2.62 bits per heavy atom. The van der Waals surface area contributed by atoms with Gasteiger partial charge in [-0.2, -0.15) is 0 Å². The average Bonchev–Trinajstić information content (AvgIpc) is 2.42. The molecule has 0 aliphatic heterocycles. The number of aryl methyl sites for hydroxylation is 1. The van der Waals surface area contributed by atoms with Gasteiger partial charge in [0.05, 0.1) is 22.0 Å². The lowest BCUT2D eigenvalue weighted by molar-refractivity contribution is 0.0695. The molecule has 7 heteroatoms. The van der Waals surface area contributed by atoms with Gasteiger partial charge in [-0.25, -0.2) is 9.78 Å². The van der Waals surface area contributed by atoms with E-state index in [0.29, 0.717) is 10.7 Å². The molecule has 0 aliphatic rings. The topological polar surface area (TPSA) is 79.3 Å². The number of amides is 1. The summed E-state index contributed by atoms with van der Waals surface area (Å²) in [5.41, 5.74) is 0.897. The zero-order valence-electron chi connectivity index (χ0n) is 10.9. The van der Waals surface area contributed by atoms with Crippen molar-refractivity contribution in [1.82, 2.24) is 4.98 Å². The second kappa shape index (κ2) is 6.24. The van der Waals surface area contributed by atoms with Crippen LogP contribution in [0.3, 0.4) is 0 Å². The molecule has 0 saturated heterocycles. The molecule has 5 nitrogen and oxygen atoms in total. The standard InChI is InChI=1S/C14H10BrClN2O3/c1-7-9(14(20)21)3-5-11(17-7)13(19)18-12-6-8(15)2-4-10(12)16/h2-6H,1H3,(H,18,19)(H,20,21). The summed E-state index contributed by atoms with van der Waals surface area (Å²) in [5.74, 6) is -1.54. The Labute approximate surface area is 134 Å². The Balaban J connectivity index is 2.26. The molecule has 0 atom stereocenters. The Hall–Kier alpha value is -1.92. The van der Waals surface area contributed by atoms with Crippen molar-refractivity contribution in [3.63, 3.8) is 0 Å². The molecule has 1 aromatic carbocycles. The molecule has 0 saturated carbocycles. The van der Waals surface area contributed by atoms with Crippen molar-refractivity contribution < 1.29 is 14.7 Å². The molecule has 2 N–H and O–H groups in total. The van der Waals surface area contributed by atoms with E-state index in [0.717, 1.165) is 4.47 Å². The van der Waals surface area contributed by atoms with Gasteiger partial charge in [-0.05, 0) is 37.3 Å². The van der Waals surface area contributed by atoms with Crippen LogP contribution < -0.4 is 5.32 Å². The van der Waals surface area contributed by atoms with Crippen LogP contribution in [-0.2, 0) is 0 Å². The number of carboxylic acids is 1. The van der Waals surface area contributed by atoms with E-state index in [1.54, 1.807) is 18.2 Å². The average molecular weight is 370 g/mol. The molecule has 21 heavy (non-hydrogen) atoms. The number of hydrogen-bond donors (Lipinski definition) is 2. The SMILES string of the molecule is Cc1nc(C(=O)Nc2cc(Br)ccc2Cl)ccc1C(=O)O. The summed E-state index contributed by atoms with van der Waals surface area (Å²) in [4.78, 5) is 27.0. The summed E-state index contributed by atoms with van der Waals surface area (Å²) < 4.78 is 0.771. The smallest absolute Gasteiger partial charge is 0.337 e. The van der Waals surface area contributed by atoms with E-state index >= 15 is 0 Å². The lowest BCUT2D eigenvalue weighted by atomic mass is 10.2. The number of pyridine rings is 1. The van der Waals surface area contributed by atoms with Crippen LogP contribution in [0.4, 0.5) is 5.69 Å². The highest BCUT2D eigenvalue weighted by Crippen LogP contribution is 2.26. The number of halogens is 2.